The standard InChI is InChI=1S/C19H17F3N2O4/c1-10-2-4-12(5-3-10)16(26)14-15(11-6-8-13(25)9-7-11)23-17(27)24-18(14,28)19(20,21)22/h2-9,14-15,25,28H,1H3,(H2,23,24,27)/t14-,15-,18-/m1/s1. The minimum atomic E-state index is -5.31. The third kappa shape index (κ3) is 3.40. The Balaban J connectivity index is 2.15. The van der Waals surface area contributed by atoms with Crippen LogP contribution in [0.3, 0.4) is 0 Å². The first kappa shape index (κ1) is 19.7. The second-order valence-electron chi connectivity index (χ2n) is 6.64. The zero-order chi connectivity index (χ0) is 20.7. The number of hydrogen-bond acceptors (Lipinski definition) is 4. The number of alkyl halides is 3. The van der Waals surface area contributed by atoms with E-state index in [-0.39, 0.29) is 16.9 Å². The van der Waals surface area contributed by atoms with Gasteiger partial charge in [0.25, 0.3) is 0 Å². The van der Waals surface area contributed by atoms with Gasteiger partial charge in [-0.1, -0.05) is 42.0 Å². The van der Waals surface area contributed by atoms with E-state index in [1.54, 1.807) is 19.1 Å². The molecule has 0 bridgehead atoms. The number of aryl methyl sites for hydroxylation is 1. The summed E-state index contributed by atoms with van der Waals surface area (Å²) in [6.07, 6.45) is -5.31. The summed E-state index contributed by atoms with van der Waals surface area (Å²) in [6.45, 7) is 1.75. The molecule has 2 aromatic carbocycles. The molecule has 9 heteroatoms. The average molecular weight is 394 g/mol. The van der Waals surface area contributed by atoms with E-state index in [4.69, 9.17) is 0 Å². The van der Waals surface area contributed by atoms with Crippen molar-refractivity contribution in [1.29, 1.82) is 0 Å². The molecule has 3 rings (SSSR count). The molecule has 1 fully saturated rings. The Bertz CT molecular complexity index is 897. The van der Waals surface area contributed by atoms with Crippen molar-refractivity contribution in [3.05, 3.63) is 65.2 Å². The molecule has 148 valence electrons. The molecule has 2 amide bonds. The number of carbonyl (C=O) groups excluding carboxylic acids is 2. The van der Waals surface area contributed by atoms with Gasteiger partial charge in [0.1, 0.15) is 11.7 Å². The van der Waals surface area contributed by atoms with Gasteiger partial charge in [0.05, 0.1) is 6.04 Å². The first-order chi connectivity index (χ1) is 13.0. The largest absolute Gasteiger partial charge is 0.508 e. The van der Waals surface area contributed by atoms with Crippen LogP contribution in [0.4, 0.5) is 18.0 Å². The highest BCUT2D eigenvalue weighted by atomic mass is 19.4. The number of carbonyl (C=O) groups is 2. The van der Waals surface area contributed by atoms with Crippen molar-refractivity contribution in [3.63, 3.8) is 0 Å². The maximum absolute atomic E-state index is 13.8. The molecule has 1 aliphatic heterocycles. The smallest absolute Gasteiger partial charge is 0.437 e. The number of halogens is 3. The maximum atomic E-state index is 13.8. The SMILES string of the molecule is Cc1ccc(C(=O)[C@H]2[C@@H](c3ccc(O)cc3)NC(=O)N[C@]2(O)C(F)(F)F)cc1. The van der Waals surface area contributed by atoms with Gasteiger partial charge in [-0.15, -0.1) is 0 Å². The van der Waals surface area contributed by atoms with Gasteiger partial charge < -0.3 is 20.8 Å². The van der Waals surface area contributed by atoms with Gasteiger partial charge in [-0.05, 0) is 24.6 Å². The second kappa shape index (κ2) is 6.83. The van der Waals surface area contributed by atoms with Crippen LogP contribution in [0.15, 0.2) is 48.5 Å². The quantitative estimate of drug-likeness (QED) is 0.602. The number of nitrogens with one attached hydrogen (secondary N) is 2. The third-order valence-corrected chi connectivity index (χ3v) is 4.68. The number of phenolic OH excluding ortho intramolecular Hbond substituents is 1. The molecule has 1 aliphatic rings. The molecule has 0 saturated carbocycles. The fraction of sp³-hybridized carbons (Fsp3) is 0.263. The van der Waals surface area contributed by atoms with E-state index in [0.29, 0.717) is 0 Å². The number of benzene rings is 2. The molecule has 1 saturated heterocycles. The number of rotatable bonds is 3. The number of Topliss-reactive ketones (excluding diaryl/α,β-unsaturated/α-hetero) is 1. The van der Waals surface area contributed by atoms with Crippen LogP contribution in [0.25, 0.3) is 0 Å². The van der Waals surface area contributed by atoms with Gasteiger partial charge in [-0.25, -0.2) is 4.79 Å². The van der Waals surface area contributed by atoms with E-state index in [9.17, 15) is 33.0 Å². The Kier molecular flexibility index (Phi) is 4.80. The van der Waals surface area contributed by atoms with E-state index >= 15 is 0 Å². The van der Waals surface area contributed by atoms with Gasteiger partial charge in [0, 0.05) is 5.56 Å². The third-order valence-electron chi connectivity index (χ3n) is 4.68. The Morgan fingerprint density at radius 1 is 1.07 bits per heavy atom. The summed E-state index contributed by atoms with van der Waals surface area (Å²) in [5.74, 6) is -3.24. The van der Waals surface area contributed by atoms with Crippen LogP contribution in [-0.4, -0.2) is 33.9 Å². The average Bonchev–Trinajstić information content (AvgIpc) is 2.61. The molecule has 3 atom stereocenters. The van der Waals surface area contributed by atoms with Crippen LogP contribution in [0, 0.1) is 12.8 Å². The summed E-state index contributed by atoms with van der Waals surface area (Å²) >= 11 is 0. The van der Waals surface area contributed by atoms with Crippen molar-refractivity contribution >= 4 is 11.8 Å². The highest BCUT2D eigenvalue weighted by Crippen LogP contribution is 2.44. The highest BCUT2D eigenvalue weighted by Gasteiger charge is 2.66. The van der Waals surface area contributed by atoms with Crippen LogP contribution in [0.1, 0.15) is 27.5 Å². The molecule has 6 nitrogen and oxygen atoms in total. The first-order valence-corrected chi connectivity index (χ1v) is 8.30. The lowest BCUT2D eigenvalue weighted by molar-refractivity contribution is -0.287. The van der Waals surface area contributed by atoms with Gasteiger partial charge in [0.2, 0.25) is 5.72 Å². The number of ketones is 1. The van der Waals surface area contributed by atoms with Gasteiger partial charge >= 0.3 is 12.2 Å². The fourth-order valence-electron chi connectivity index (χ4n) is 3.20. The molecule has 0 aromatic heterocycles. The van der Waals surface area contributed by atoms with Gasteiger partial charge in [-0.3, -0.25) is 4.79 Å². The van der Waals surface area contributed by atoms with Crippen LogP contribution in [-0.2, 0) is 0 Å². The predicted molar refractivity (Wildman–Crippen MR) is 92.5 cm³/mol. The predicted octanol–water partition coefficient (Wildman–Crippen LogP) is 2.80. The molecule has 1 heterocycles. The molecule has 0 unspecified atom stereocenters. The minimum absolute atomic E-state index is 0.0417. The lowest BCUT2D eigenvalue weighted by Crippen LogP contribution is -2.72. The topological polar surface area (TPSA) is 98.7 Å². The van der Waals surface area contributed by atoms with Crippen molar-refractivity contribution in [3.8, 4) is 5.75 Å². The van der Waals surface area contributed by atoms with E-state index in [2.05, 4.69) is 5.32 Å². The zero-order valence-corrected chi connectivity index (χ0v) is 14.6. The van der Waals surface area contributed by atoms with Crippen LogP contribution < -0.4 is 10.6 Å². The summed E-state index contributed by atoms with van der Waals surface area (Å²) in [7, 11) is 0. The lowest BCUT2D eigenvalue weighted by Gasteiger charge is -2.45. The number of urea groups is 1. The number of hydrogen-bond donors (Lipinski definition) is 4. The van der Waals surface area contributed by atoms with Crippen LogP contribution in [0.5, 0.6) is 5.75 Å². The Hall–Kier alpha value is -3.07. The van der Waals surface area contributed by atoms with Crippen molar-refractivity contribution in [2.45, 2.75) is 24.9 Å². The molecule has 0 aliphatic carbocycles. The monoisotopic (exact) mass is 394 g/mol. The second-order valence-corrected chi connectivity index (χ2v) is 6.64. The Morgan fingerprint density at radius 3 is 2.18 bits per heavy atom. The number of aromatic hydroxyl groups is 1. The molecular formula is C19H17F3N2O4. The fourth-order valence-corrected chi connectivity index (χ4v) is 3.20. The molecule has 0 radical (unpaired) electrons. The summed E-state index contributed by atoms with van der Waals surface area (Å²) in [5, 5.41) is 23.6. The molecule has 0 spiro atoms. The van der Waals surface area contributed by atoms with Crippen molar-refractivity contribution in [1.82, 2.24) is 10.6 Å². The number of aliphatic hydroxyl groups is 1. The summed E-state index contributed by atoms with van der Waals surface area (Å²) < 4.78 is 41.3. The molecular weight excluding hydrogens is 377 g/mol. The number of phenols is 1. The van der Waals surface area contributed by atoms with Gasteiger partial charge in [0.15, 0.2) is 5.78 Å². The van der Waals surface area contributed by atoms with Crippen molar-refractivity contribution < 1.29 is 33.0 Å². The summed E-state index contributed by atoms with van der Waals surface area (Å²) in [6, 6.07) is 8.06. The lowest BCUT2D eigenvalue weighted by atomic mass is 9.77. The van der Waals surface area contributed by atoms with Crippen LogP contribution >= 0.6 is 0 Å². The molecule has 2 aromatic rings. The molecule has 4 N–H and O–H groups in total. The van der Waals surface area contributed by atoms with Gasteiger partial charge in [-0.2, -0.15) is 13.2 Å². The normalized spacial score (nSPS) is 25.0. The Morgan fingerprint density at radius 2 is 1.64 bits per heavy atom. The highest BCUT2D eigenvalue weighted by molar-refractivity contribution is 6.00. The van der Waals surface area contributed by atoms with Crippen molar-refractivity contribution in [2.24, 2.45) is 5.92 Å². The van der Waals surface area contributed by atoms with Crippen LogP contribution in [0.2, 0.25) is 0 Å². The number of amides is 2. The van der Waals surface area contributed by atoms with E-state index in [1.807, 2.05) is 0 Å². The zero-order valence-electron chi connectivity index (χ0n) is 14.6. The van der Waals surface area contributed by atoms with Crippen molar-refractivity contribution in [2.75, 3.05) is 0 Å². The minimum Gasteiger partial charge on any atom is -0.508 e. The van der Waals surface area contributed by atoms with E-state index in [1.165, 1.54) is 41.7 Å². The summed E-state index contributed by atoms with van der Waals surface area (Å²) in [5.41, 5.74) is -2.89. The van der Waals surface area contributed by atoms with E-state index < -0.39 is 35.7 Å². The first-order valence-electron chi connectivity index (χ1n) is 8.30. The maximum Gasteiger partial charge on any atom is 0.437 e. The summed E-state index contributed by atoms with van der Waals surface area (Å²) in [4.78, 5) is 24.9. The van der Waals surface area contributed by atoms with E-state index in [0.717, 1.165) is 5.56 Å². The molecule has 28 heavy (non-hydrogen) atoms. The Labute approximate surface area is 158 Å².